The number of carbonyl (C=O) groups excluding carboxylic acids is 2. The van der Waals surface area contributed by atoms with Crippen molar-refractivity contribution in [1.29, 1.82) is 0 Å². The summed E-state index contributed by atoms with van der Waals surface area (Å²) in [6, 6.07) is 6.34. The molecule has 6 rings (SSSR count). The number of benzene rings is 2. The second-order valence-corrected chi connectivity index (χ2v) is 13.1. The summed E-state index contributed by atoms with van der Waals surface area (Å²) in [4.78, 5) is 29.4. The number of dihydropyridines is 1. The van der Waals surface area contributed by atoms with Crippen molar-refractivity contribution >= 4 is 29.1 Å². The monoisotopic (exact) mass is 700 g/mol. The summed E-state index contributed by atoms with van der Waals surface area (Å²) in [6.45, 7) is 2.45. The molecule has 10 nitrogen and oxygen atoms in total. The largest absolute Gasteiger partial charge is 0.416 e. The molecule has 1 saturated heterocycles. The molecule has 50 heavy (non-hydrogen) atoms. The van der Waals surface area contributed by atoms with Crippen LogP contribution in [0.15, 0.2) is 71.0 Å². The number of halogens is 5. The van der Waals surface area contributed by atoms with Crippen LogP contribution in [0.3, 0.4) is 0 Å². The lowest BCUT2D eigenvalue weighted by Gasteiger charge is -2.44. The SMILES string of the molecule is O=C(NCCC1=NC2NCC(C3CCNC4=C3CCC(CCNC(=O)Nc3ccc(C(F)(F)F)cc3)N4)CC2C=C1)Nc1cc(F)cc(F)c1. The fourth-order valence-electron chi connectivity index (χ4n) is 7.23. The highest BCUT2D eigenvalue weighted by molar-refractivity contribution is 5.96. The Labute approximate surface area is 286 Å². The van der Waals surface area contributed by atoms with Crippen LogP contribution in [0, 0.1) is 29.4 Å². The lowest BCUT2D eigenvalue weighted by Crippen LogP contribution is -2.50. The van der Waals surface area contributed by atoms with Gasteiger partial charge in [0, 0.05) is 67.7 Å². The van der Waals surface area contributed by atoms with Gasteiger partial charge in [-0.05, 0) is 92.0 Å². The Morgan fingerprint density at radius 1 is 0.920 bits per heavy atom. The highest BCUT2D eigenvalue weighted by Gasteiger charge is 2.38. The first-order chi connectivity index (χ1) is 24.0. The Kier molecular flexibility index (Phi) is 10.9. The smallest absolute Gasteiger partial charge is 0.372 e. The number of nitrogens with zero attached hydrogens (tertiary/aromatic N) is 1. The number of urea groups is 2. The maximum atomic E-state index is 13.4. The third kappa shape index (κ3) is 9.11. The van der Waals surface area contributed by atoms with Crippen LogP contribution in [0.5, 0.6) is 0 Å². The van der Waals surface area contributed by atoms with E-state index in [2.05, 4.69) is 43.3 Å². The average molecular weight is 701 g/mol. The van der Waals surface area contributed by atoms with E-state index in [-0.39, 0.29) is 29.5 Å². The molecular weight excluding hydrogens is 659 g/mol. The quantitative estimate of drug-likeness (QED) is 0.165. The van der Waals surface area contributed by atoms with Gasteiger partial charge in [-0.3, -0.25) is 10.3 Å². The molecule has 4 amide bonds. The number of amides is 4. The second-order valence-electron chi connectivity index (χ2n) is 13.1. The number of aliphatic imine (C=N–C) groups is 1. The minimum absolute atomic E-state index is 0.0247. The lowest BCUT2D eigenvalue weighted by molar-refractivity contribution is -0.137. The first-order valence-corrected chi connectivity index (χ1v) is 16.9. The zero-order valence-corrected chi connectivity index (χ0v) is 27.3. The van der Waals surface area contributed by atoms with Gasteiger partial charge in [-0.1, -0.05) is 6.08 Å². The van der Waals surface area contributed by atoms with Gasteiger partial charge < -0.3 is 31.9 Å². The highest BCUT2D eigenvalue weighted by Crippen LogP contribution is 2.40. The van der Waals surface area contributed by atoms with Crippen molar-refractivity contribution in [1.82, 2.24) is 26.6 Å². The van der Waals surface area contributed by atoms with E-state index in [4.69, 9.17) is 4.99 Å². The molecule has 0 aromatic heterocycles. The van der Waals surface area contributed by atoms with Crippen LogP contribution in [0.4, 0.5) is 42.9 Å². The van der Waals surface area contributed by atoms with E-state index in [1.54, 1.807) is 0 Å². The molecule has 5 unspecified atom stereocenters. The minimum atomic E-state index is -4.43. The Morgan fingerprint density at radius 2 is 1.64 bits per heavy atom. The molecule has 0 spiro atoms. The lowest BCUT2D eigenvalue weighted by atomic mass is 9.72. The van der Waals surface area contributed by atoms with Crippen molar-refractivity contribution in [3.8, 4) is 0 Å². The summed E-state index contributed by atoms with van der Waals surface area (Å²) in [5.41, 5.74) is 1.85. The summed E-state index contributed by atoms with van der Waals surface area (Å²) in [5.74, 6) is 0.711. The van der Waals surface area contributed by atoms with Gasteiger partial charge in [-0.15, -0.1) is 0 Å². The van der Waals surface area contributed by atoms with Crippen LogP contribution >= 0.6 is 0 Å². The topological polar surface area (TPSA) is 131 Å². The number of nitrogens with one attached hydrogen (secondary N) is 7. The number of anilines is 2. The number of hydrogen-bond donors (Lipinski definition) is 7. The molecule has 268 valence electrons. The minimum Gasteiger partial charge on any atom is -0.372 e. The first-order valence-electron chi connectivity index (χ1n) is 16.9. The van der Waals surface area contributed by atoms with Crippen molar-refractivity contribution < 1.29 is 31.5 Å². The fraction of sp³-hybridized carbons (Fsp3) is 0.457. The Balaban J connectivity index is 0.923. The number of rotatable bonds is 9. The molecule has 7 N–H and O–H groups in total. The van der Waals surface area contributed by atoms with Crippen molar-refractivity contribution in [2.75, 3.05) is 36.8 Å². The van der Waals surface area contributed by atoms with Gasteiger partial charge in [0.1, 0.15) is 17.8 Å². The molecule has 15 heteroatoms. The number of carbonyl (C=O) groups is 2. The predicted molar refractivity (Wildman–Crippen MR) is 180 cm³/mol. The van der Waals surface area contributed by atoms with Crippen molar-refractivity contribution in [3.63, 3.8) is 0 Å². The predicted octanol–water partition coefficient (Wildman–Crippen LogP) is 5.84. The van der Waals surface area contributed by atoms with E-state index in [9.17, 15) is 31.5 Å². The molecule has 0 bridgehead atoms. The summed E-state index contributed by atoms with van der Waals surface area (Å²) in [5, 5.41) is 21.3. The summed E-state index contributed by atoms with van der Waals surface area (Å²) >= 11 is 0. The number of fused-ring (bicyclic) bond motifs is 1. The van der Waals surface area contributed by atoms with Crippen molar-refractivity contribution in [2.24, 2.45) is 22.7 Å². The van der Waals surface area contributed by atoms with E-state index in [1.807, 2.05) is 6.08 Å². The first kappa shape index (κ1) is 35.2. The molecule has 0 radical (unpaired) electrons. The Hall–Kier alpha value is -4.66. The van der Waals surface area contributed by atoms with E-state index < -0.39 is 35.4 Å². The third-order valence-corrected chi connectivity index (χ3v) is 9.65. The fourth-order valence-corrected chi connectivity index (χ4v) is 7.23. The van der Waals surface area contributed by atoms with Crippen LogP contribution in [0.25, 0.3) is 0 Å². The van der Waals surface area contributed by atoms with Crippen LogP contribution < -0.4 is 37.2 Å². The van der Waals surface area contributed by atoms with E-state index in [1.165, 1.54) is 17.7 Å². The van der Waals surface area contributed by atoms with Crippen LogP contribution in [0.2, 0.25) is 0 Å². The summed E-state index contributed by atoms with van der Waals surface area (Å²) in [7, 11) is 0. The molecule has 2 aromatic carbocycles. The van der Waals surface area contributed by atoms with Gasteiger partial charge in [-0.2, -0.15) is 13.2 Å². The number of hydrogen-bond acceptors (Lipinski definition) is 6. The molecule has 5 atom stereocenters. The average Bonchev–Trinajstić information content (AvgIpc) is 3.07. The maximum absolute atomic E-state index is 13.4. The summed E-state index contributed by atoms with van der Waals surface area (Å²) < 4.78 is 65.1. The van der Waals surface area contributed by atoms with Gasteiger partial charge in [0.2, 0.25) is 0 Å². The number of alkyl halides is 3. The van der Waals surface area contributed by atoms with Crippen LogP contribution in [0.1, 0.15) is 44.1 Å². The molecule has 4 heterocycles. The van der Waals surface area contributed by atoms with Gasteiger partial charge in [0.05, 0.1) is 11.4 Å². The van der Waals surface area contributed by atoms with Gasteiger partial charge in [0.25, 0.3) is 0 Å². The van der Waals surface area contributed by atoms with Gasteiger partial charge in [0.15, 0.2) is 0 Å². The van der Waals surface area contributed by atoms with Gasteiger partial charge in [-0.25, -0.2) is 18.4 Å². The number of allylic oxidation sites excluding steroid dienone is 2. The van der Waals surface area contributed by atoms with Crippen molar-refractivity contribution in [3.05, 3.63) is 83.2 Å². The normalized spacial score (nSPS) is 24.5. The highest BCUT2D eigenvalue weighted by atomic mass is 19.4. The third-order valence-electron chi connectivity index (χ3n) is 9.65. The zero-order chi connectivity index (χ0) is 35.3. The molecule has 1 fully saturated rings. The Morgan fingerprint density at radius 3 is 2.38 bits per heavy atom. The van der Waals surface area contributed by atoms with E-state index in [0.717, 1.165) is 80.6 Å². The van der Waals surface area contributed by atoms with Crippen LogP contribution in [-0.4, -0.2) is 56.2 Å². The number of piperidine rings is 1. The second kappa shape index (κ2) is 15.5. The molecule has 4 aliphatic heterocycles. The molecule has 0 aliphatic carbocycles. The zero-order valence-electron chi connectivity index (χ0n) is 27.3. The van der Waals surface area contributed by atoms with Gasteiger partial charge >= 0.3 is 18.2 Å². The molecule has 4 aliphatic rings. The standard InChI is InChI=1S/C35H41F5N8O2/c36-23-16-24(37)18-28(17-23)48-34(50)43-12-9-26-4-1-20-15-21(19-44-31(20)45-26)29-11-14-41-32-30(29)8-7-27(46-32)10-13-42-33(49)47-25-5-2-22(3-6-25)35(38,39)40/h1-6,16-18,20-21,27,29,31,41,44,46H,7-15,19H2,(H2,42,47,49)(H2,43,48,50). The summed E-state index contributed by atoms with van der Waals surface area (Å²) in [6.07, 6.45) is 4.95. The molecule has 0 saturated carbocycles. The van der Waals surface area contributed by atoms with Crippen LogP contribution in [-0.2, 0) is 6.18 Å². The van der Waals surface area contributed by atoms with Crippen molar-refractivity contribution in [2.45, 2.75) is 56.9 Å². The maximum Gasteiger partial charge on any atom is 0.416 e. The molecule has 2 aromatic rings. The Bertz CT molecular complexity index is 1620. The van der Waals surface area contributed by atoms with E-state index in [0.29, 0.717) is 37.8 Å². The van der Waals surface area contributed by atoms with E-state index >= 15 is 0 Å². The molecular formula is C35H41F5N8O2.